The molecule has 2 unspecified atom stereocenters. The van der Waals surface area contributed by atoms with Gasteiger partial charge in [-0.05, 0) is 87.7 Å². The van der Waals surface area contributed by atoms with Gasteiger partial charge in [-0.15, -0.1) is 0 Å². The third-order valence-corrected chi connectivity index (χ3v) is 11.5. The summed E-state index contributed by atoms with van der Waals surface area (Å²) in [5.41, 5.74) is 13.1. The van der Waals surface area contributed by atoms with Crippen LogP contribution in [0, 0.1) is 5.41 Å². The third-order valence-electron chi connectivity index (χ3n) is 11.5. The van der Waals surface area contributed by atoms with Crippen molar-refractivity contribution in [3.8, 4) is 11.1 Å². The highest BCUT2D eigenvalue weighted by Crippen LogP contribution is 2.56. The first-order valence-electron chi connectivity index (χ1n) is 19.9. The second kappa shape index (κ2) is 14.8. The second-order valence-corrected chi connectivity index (χ2v) is 15.0. The topological polar surface area (TPSA) is 6.48 Å². The largest absolute Gasteiger partial charge is 0.336 e. The van der Waals surface area contributed by atoms with Crippen LogP contribution in [-0.4, -0.2) is 6.04 Å². The van der Waals surface area contributed by atoms with Crippen LogP contribution < -0.4 is 9.80 Å². The summed E-state index contributed by atoms with van der Waals surface area (Å²) < 4.78 is 0. The molecule has 0 saturated carbocycles. The van der Waals surface area contributed by atoms with Crippen molar-refractivity contribution in [3.05, 3.63) is 246 Å². The van der Waals surface area contributed by atoms with Crippen LogP contribution >= 0.6 is 0 Å². The van der Waals surface area contributed by atoms with Crippen LogP contribution in [0.15, 0.2) is 230 Å². The predicted molar refractivity (Wildman–Crippen MR) is 243 cm³/mol. The fourth-order valence-corrected chi connectivity index (χ4v) is 8.72. The average Bonchev–Trinajstić information content (AvgIpc) is 3.27. The first-order chi connectivity index (χ1) is 28.2. The molecule has 3 aliphatic rings. The Kier molecular flexibility index (Phi) is 8.93. The third kappa shape index (κ3) is 6.46. The van der Waals surface area contributed by atoms with Gasteiger partial charge >= 0.3 is 0 Å². The first-order valence-corrected chi connectivity index (χ1v) is 19.9. The minimum atomic E-state index is -0.0740. The van der Waals surface area contributed by atoms with Crippen LogP contribution in [-0.2, 0) is 0 Å². The summed E-state index contributed by atoms with van der Waals surface area (Å²) in [7, 11) is 0. The maximum atomic E-state index is 2.52. The Balaban J connectivity index is 0.986. The highest BCUT2D eigenvalue weighted by atomic mass is 15.3. The van der Waals surface area contributed by atoms with Crippen molar-refractivity contribution in [1.29, 1.82) is 0 Å². The summed E-state index contributed by atoms with van der Waals surface area (Å²) >= 11 is 0. The van der Waals surface area contributed by atoms with E-state index in [1.165, 1.54) is 50.0 Å². The summed E-state index contributed by atoms with van der Waals surface area (Å²) in [5, 5.41) is 2.43. The van der Waals surface area contributed by atoms with Gasteiger partial charge in [0.2, 0.25) is 0 Å². The lowest BCUT2D eigenvalue weighted by atomic mass is 9.63. The van der Waals surface area contributed by atoms with Crippen molar-refractivity contribution >= 4 is 51.8 Å². The van der Waals surface area contributed by atoms with Gasteiger partial charge < -0.3 is 9.80 Å². The van der Waals surface area contributed by atoms with Gasteiger partial charge in [-0.2, -0.15) is 0 Å². The molecule has 0 aromatic heterocycles. The molecule has 1 saturated heterocycles. The van der Waals surface area contributed by atoms with Crippen LogP contribution in [0.4, 0.5) is 22.7 Å². The van der Waals surface area contributed by atoms with E-state index >= 15 is 0 Å². The highest BCUT2D eigenvalue weighted by Gasteiger charge is 2.54. The van der Waals surface area contributed by atoms with Gasteiger partial charge in [0.05, 0.1) is 17.1 Å². The zero-order valence-corrected chi connectivity index (χ0v) is 31.7. The smallest absolute Gasteiger partial charge is 0.0709 e. The maximum Gasteiger partial charge on any atom is 0.0709 e. The number of hydrogen-bond acceptors (Lipinski definition) is 2. The molecule has 7 aromatic rings. The van der Waals surface area contributed by atoms with Crippen LogP contribution in [0.3, 0.4) is 0 Å². The van der Waals surface area contributed by atoms with Gasteiger partial charge in [-0.25, -0.2) is 0 Å². The van der Waals surface area contributed by atoms with E-state index in [0.29, 0.717) is 0 Å². The molecule has 10 rings (SSSR count). The SMILES string of the molecule is C1=CC23C=CC(C=Cc4ccccc4)=CC2N(c2ccc(-c4cccc5c(N(c6ccccc6)c6cccc(C=Cc7ccccc7)c6)cccc45)cc2)C3=CC1. The molecule has 7 aromatic carbocycles. The molecule has 0 radical (unpaired) electrons. The van der Waals surface area contributed by atoms with Gasteiger partial charge in [-0.3, -0.25) is 0 Å². The van der Waals surface area contributed by atoms with E-state index in [0.717, 1.165) is 29.0 Å². The Morgan fingerprint density at radius 1 is 0.544 bits per heavy atom. The van der Waals surface area contributed by atoms with Gasteiger partial charge in [0.15, 0.2) is 0 Å². The summed E-state index contributed by atoms with van der Waals surface area (Å²) in [5.74, 6) is 0. The molecule has 1 fully saturated rings. The van der Waals surface area contributed by atoms with E-state index in [1.807, 2.05) is 0 Å². The Hall–Kier alpha value is -7.16. The normalized spacial score (nSPS) is 18.2. The molecule has 0 amide bonds. The summed E-state index contributed by atoms with van der Waals surface area (Å²) in [6.45, 7) is 0. The Morgan fingerprint density at radius 2 is 1.18 bits per heavy atom. The van der Waals surface area contributed by atoms with Crippen molar-refractivity contribution in [2.45, 2.75) is 12.5 Å². The number of allylic oxidation sites excluding steroid dienone is 5. The fourth-order valence-electron chi connectivity index (χ4n) is 8.72. The molecule has 2 aliphatic carbocycles. The second-order valence-electron chi connectivity index (χ2n) is 15.0. The fraction of sp³-hybridized carbons (Fsp3) is 0.0545. The lowest BCUT2D eigenvalue weighted by molar-refractivity contribution is 0.370. The van der Waals surface area contributed by atoms with Crippen molar-refractivity contribution in [2.75, 3.05) is 9.80 Å². The summed E-state index contributed by atoms with van der Waals surface area (Å²) in [6.07, 6.45) is 24.0. The van der Waals surface area contributed by atoms with Gasteiger partial charge in [0.25, 0.3) is 0 Å². The molecular formula is C55H42N2. The number of hydrogen-bond donors (Lipinski definition) is 0. The number of para-hydroxylation sites is 1. The van der Waals surface area contributed by atoms with Gasteiger partial charge in [0.1, 0.15) is 0 Å². The van der Waals surface area contributed by atoms with E-state index in [2.05, 4.69) is 246 Å². The van der Waals surface area contributed by atoms with Gasteiger partial charge in [0, 0.05) is 28.1 Å². The monoisotopic (exact) mass is 730 g/mol. The molecule has 2 atom stereocenters. The molecule has 1 aliphatic heterocycles. The minimum Gasteiger partial charge on any atom is -0.336 e. The molecule has 1 heterocycles. The van der Waals surface area contributed by atoms with Crippen molar-refractivity contribution in [2.24, 2.45) is 5.41 Å². The molecule has 0 bridgehead atoms. The molecule has 272 valence electrons. The zero-order valence-electron chi connectivity index (χ0n) is 31.7. The Morgan fingerprint density at radius 3 is 1.95 bits per heavy atom. The minimum absolute atomic E-state index is 0.0740. The first kappa shape index (κ1) is 34.3. The average molecular weight is 731 g/mol. The lowest BCUT2D eigenvalue weighted by Crippen LogP contribution is -2.61. The van der Waals surface area contributed by atoms with Crippen LogP contribution in [0.25, 0.3) is 40.1 Å². The number of anilines is 4. The number of benzene rings is 7. The molecule has 2 heteroatoms. The molecule has 1 spiro atoms. The van der Waals surface area contributed by atoms with E-state index < -0.39 is 0 Å². The summed E-state index contributed by atoms with van der Waals surface area (Å²) in [6, 6.07) is 63.3. The van der Waals surface area contributed by atoms with E-state index in [4.69, 9.17) is 0 Å². The van der Waals surface area contributed by atoms with Crippen LogP contribution in [0.5, 0.6) is 0 Å². The molecule has 57 heavy (non-hydrogen) atoms. The Labute approximate surface area is 335 Å². The van der Waals surface area contributed by atoms with E-state index in [1.54, 1.807) is 0 Å². The molecule has 2 nitrogen and oxygen atoms in total. The molecule has 0 N–H and O–H groups in total. The number of nitrogens with zero attached hydrogens (tertiary/aromatic N) is 2. The van der Waals surface area contributed by atoms with E-state index in [9.17, 15) is 0 Å². The van der Waals surface area contributed by atoms with Crippen LogP contribution in [0.2, 0.25) is 0 Å². The molecular weight excluding hydrogens is 689 g/mol. The Bertz CT molecular complexity index is 2750. The highest BCUT2D eigenvalue weighted by molar-refractivity contribution is 6.05. The van der Waals surface area contributed by atoms with Crippen molar-refractivity contribution in [3.63, 3.8) is 0 Å². The zero-order chi connectivity index (χ0) is 38.0. The quantitative estimate of drug-likeness (QED) is 0.108. The van der Waals surface area contributed by atoms with Crippen molar-refractivity contribution < 1.29 is 0 Å². The maximum absolute atomic E-state index is 2.52. The van der Waals surface area contributed by atoms with E-state index in [-0.39, 0.29) is 11.5 Å². The standard InChI is InChI=1S/C55H42N2/c1-4-15-41(16-5-1)28-30-43-19-12-22-48(39-43)56(46-20-8-3-9-21-46)52-26-14-24-50-49(23-13-25-51(50)52)45-32-34-47(35-33-45)57-53-27-10-11-37-55(53)38-36-44(40-54(55)57)31-29-42-17-6-2-7-18-42/h1-9,11-40,54H,10H2. The van der Waals surface area contributed by atoms with Gasteiger partial charge in [-0.1, -0.05) is 194 Å². The number of rotatable bonds is 9. The lowest BCUT2D eigenvalue weighted by Gasteiger charge is -2.59. The summed E-state index contributed by atoms with van der Waals surface area (Å²) in [4.78, 5) is 4.90. The van der Waals surface area contributed by atoms with Crippen molar-refractivity contribution in [1.82, 2.24) is 0 Å². The number of fused-ring (bicyclic) bond motifs is 1. The predicted octanol–water partition coefficient (Wildman–Crippen LogP) is 14.4. The van der Waals surface area contributed by atoms with Crippen LogP contribution in [0.1, 0.15) is 23.1 Å².